The van der Waals surface area contributed by atoms with E-state index in [-0.39, 0.29) is 24.0 Å². The first-order valence-corrected chi connectivity index (χ1v) is 7.11. The van der Waals surface area contributed by atoms with Gasteiger partial charge in [-0.3, -0.25) is 4.68 Å². The zero-order valence-corrected chi connectivity index (χ0v) is 12.5. The second kappa shape index (κ2) is 6.51. The van der Waals surface area contributed by atoms with E-state index in [9.17, 15) is 8.42 Å². The van der Waals surface area contributed by atoms with Gasteiger partial charge in [0.15, 0.2) is 5.03 Å². The Morgan fingerprint density at radius 3 is 2.33 bits per heavy atom. The summed E-state index contributed by atoms with van der Waals surface area (Å²) in [5.41, 5.74) is 5.10. The van der Waals surface area contributed by atoms with Gasteiger partial charge in [-0.2, -0.15) is 5.10 Å². The second-order valence-electron chi connectivity index (χ2n) is 4.09. The molecule has 1 heterocycles. The zero-order valence-electron chi connectivity index (χ0n) is 10.9. The molecule has 8 heteroatoms. The van der Waals surface area contributed by atoms with Crippen LogP contribution in [-0.2, 0) is 17.1 Å². The highest BCUT2D eigenvalue weighted by Crippen LogP contribution is 2.18. The average Bonchev–Trinajstić information content (AvgIpc) is 2.73. The van der Waals surface area contributed by atoms with Crippen molar-refractivity contribution >= 4 is 22.4 Å². The molecule has 0 fully saturated rings. The molecule has 0 saturated heterocycles. The van der Waals surface area contributed by atoms with Gasteiger partial charge in [-0.05, 0) is 18.9 Å². The summed E-state index contributed by atoms with van der Waals surface area (Å²) in [6, 6.07) is 1.47. The summed E-state index contributed by atoms with van der Waals surface area (Å²) in [6.07, 6.45) is 2.75. The Kier molecular flexibility index (Phi) is 6.28. The smallest absolute Gasteiger partial charge is 0.258 e. The molecule has 0 saturated carbocycles. The lowest BCUT2D eigenvalue weighted by molar-refractivity contribution is 0.362. The Bertz CT molecular complexity index is 460. The van der Waals surface area contributed by atoms with Gasteiger partial charge in [-0.25, -0.2) is 13.1 Å². The van der Waals surface area contributed by atoms with Gasteiger partial charge in [0.1, 0.15) is 0 Å². The lowest BCUT2D eigenvalue weighted by atomic mass is 9.95. The fraction of sp³-hybridized carbons (Fsp3) is 0.700. The Labute approximate surface area is 114 Å². The van der Waals surface area contributed by atoms with Gasteiger partial charge in [-0.1, -0.05) is 13.8 Å². The normalized spacial score (nSPS) is 12.2. The number of nitrogens with one attached hydrogen (secondary N) is 1. The Hall–Kier alpha value is -0.630. The van der Waals surface area contributed by atoms with Crippen LogP contribution in [0.5, 0.6) is 0 Å². The van der Waals surface area contributed by atoms with Crippen molar-refractivity contribution < 1.29 is 8.42 Å². The molecule has 0 bridgehead atoms. The summed E-state index contributed by atoms with van der Waals surface area (Å²) >= 11 is 0. The second-order valence-corrected chi connectivity index (χ2v) is 5.72. The molecule has 0 amide bonds. The van der Waals surface area contributed by atoms with Gasteiger partial charge in [0.25, 0.3) is 10.0 Å². The third-order valence-electron chi connectivity index (χ3n) is 3.15. The van der Waals surface area contributed by atoms with Crippen LogP contribution in [0.1, 0.15) is 26.7 Å². The van der Waals surface area contributed by atoms with Gasteiger partial charge in [-0.15, -0.1) is 12.4 Å². The van der Waals surface area contributed by atoms with Crippen LogP contribution in [0, 0.1) is 0 Å². The summed E-state index contributed by atoms with van der Waals surface area (Å²) in [6.45, 7) is 4.11. The van der Waals surface area contributed by atoms with E-state index in [1.807, 2.05) is 13.8 Å². The number of sulfonamides is 1. The molecule has 0 aliphatic rings. The van der Waals surface area contributed by atoms with Crippen LogP contribution < -0.4 is 10.5 Å². The molecule has 18 heavy (non-hydrogen) atoms. The maximum Gasteiger partial charge on any atom is 0.258 e. The molecule has 3 N–H and O–H groups in total. The summed E-state index contributed by atoms with van der Waals surface area (Å²) < 4.78 is 28.4. The molecule has 0 aliphatic carbocycles. The van der Waals surface area contributed by atoms with Crippen molar-refractivity contribution in [2.75, 3.05) is 6.54 Å². The molecule has 0 spiro atoms. The van der Waals surface area contributed by atoms with Crippen LogP contribution in [0.15, 0.2) is 17.3 Å². The first-order chi connectivity index (χ1) is 7.90. The van der Waals surface area contributed by atoms with Crippen LogP contribution in [0.25, 0.3) is 0 Å². The van der Waals surface area contributed by atoms with E-state index in [1.54, 1.807) is 7.05 Å². The number of aromatic nitrogens is 2. The van der Waals surface area contributed by atoms with Crippen LogP contribution in [-0.4, -0.2) is 30.3 Å². The van der Waals surface area contributed by atoms with E-state index in [2.05, 4.69) is 9.82 Å². The van der Waals surface area contributed by atoms with E-state index in [1.165, 1.54) is 16.9 Å². The summed E-state index contributed by atoms with van der Waals surface area (Å²) in [7, 11) is -1.98. The van der Waals surface area contributed by atoms with Crippen molar-refractivity contribution in [3.63, 3.8) is 0 Å². The number of aryl methyl sites for hydroxylation is 1. The molecule has 6 nitrogen and oxygen atoms in total. The minimum absolute atomic E-state index is 0. The molecular formula is C10H21ClN4O2S. The highest BCUT2D eigenvalue weighted by Gasteiger charge is 2.31. The number of hydrogen-bond donors (Lipinski definition) is 2. The maximum atomic E-state index is 12.2. The van der Waals surface area contributed by atoms with Crippen molar-refractivity contribution in [1.29, 1.82) is 0 Å². The molecular weight excluding hydrogens is 276 g/mol. The van der Waals surface area contributed by atoms with Gasteiger partial charge in [0.05, 0.1) is 6.20 Å². The summed E-state index contributed by atoms with van der Waals surface area (Å²) in [4.78, 5) is 0. The van der Waals surface area contributed by atoms with E-state index < -0.39 is 15.6 Å². The van der Waals surface area contributed by atoms with Crippen molar-refractivity contribution in [2.24, 2.45) is 12.8 Å². The fourth-order valence-electron chi connectivity index (χ4n) is 1.69. The Morgan fingerprint density at radius 1 is 1.44 bits per heavy atom. The van der Waals surface area contributed by atoms with Gasteiger partial charge in [0.2, 0.25) is 0 Å². The first-order valence-electron chi connectivity index (χ1n) is 5.63. The van der Waals surface area contributed by atoms with Crippen molar-refractivity contribution in [3.05, 3.63) is 12.3 Å². The minimum Gasteiger partial charge on any atom is -0.329 e. The average molecular weight is 297 g/mol. The molecule has 0 atom stereocenters. The van der Waals surface area contributed by atoms with Gasteiger partial charge >= 0.3 is 0 Å². The van der Waals surface area contributed by atoms with Crippen LogP contribution in [0.3, 0.4) is 0 Å². The van der Waals surface area contributed by atoms with Crippen LogP contribution in [0.2, 0.25) is 0 Å². The molecule has 1 aromatic rings. The lowest BCUT2D eigenvalue weighted by Crippen LogP contribution is -2.52. The molecule has 1 rings (SSSR count). The monoisotopic (exact) mass is 296 g/mol. The highest BCUT2D eigenvalue weighted by atomic mass is 35.5. The SMILES string of the molecule is CCC(CC)(CN)NS(=O)(=O)c1ccnn1C.Cl. The van der Waals surface area contributed by atoms with E-state index in [0.717, 1.165) is 0 Å². The number of nitrogens with zero attached hydrogens (tertiary/aromatic N) is 2. The Morgan fingerprint density at radius 2 is 2.00 bits per heavy atom. The van der Waals surface area contributed by atoms with Crippen LogP contribution in [0.4, 0.5) is 0 Å². The minimum atomic E-state index is -3.57. The van der Waals surface area contributed by atoms with Gasteiger partial charge in [0, 0.05) is 19.1 Å². The molecule has 106 valence electrons. The standard InChI is InChI=1S/C10H20N4O2S.ClH/c1-4-10(5-2,8-11)13-17(15,16)9-6-7-12-14(9)3;/h6-7,13H,4-5,8,11H2,1-3H3;1H. The van der Waals surface area contributed by atoms with Crippen LogP contribution >= 0.6 is 12.4 Å². The molecule has 0 unspecified atom stereocenters. The molecule has 0 aliphatic heterocycles. The zero-order chi connectivity index (χ0) is 13.1. The largest absolute Gasteiger partial charge is 0.329 e. The van der Waals surface area contributed by atoms with Crippen molar-refractivity contribution in [3.8, 4) is 0 Å². The molecule has 1 aromatic heterocycles. The summed E-state index contributed by atoms with van der Waals surface area (Å²) in [5.74, 6) is 0. The maximum absolute atomic E-state index is 12.2. The number of hydrogen-bond acceptors (Lipinski definition) is 4. The lowest BCUT2D eigenvalue weighted by Gasteiger charge is -2.30. The van der Waals surface area contributed by atoms with E-state index >= 15 is 0 Å². The molecule has 0 aromatic carbocycles. The predicted molar refractivity (Wildman–Crippen MR) is 73.1 cm³/mol. The van der Waals surface area contributed by atoms with E-state index in [0.29, 0.717) is 12.8 Å². The first kappa shape index (κ1) is 17.4. The van der Waals surface area contributed by atoms with Crippen molar-refractivity contribution in [1.82, 2.24) is 14.5 Å². The fourth-order valence-corrected chi connectivity index (χ4v) is 3.37. The third-order valence-corrected chi connectivity index (χ3v) is 4.80. The van der Waals surface area contributed by atoms with Crippen molar-refractivity contribution in [2.45, 2.75) is 37.3 Å². The summed E-state index contributed by atoms with van der Waals surface area (Å²) in [5, 5.41) is 4.01. The topological polar surface area (TPSA) is 90.0 Å². The third kappa shape index (κ3) is 3.44. The predicted octanol–water partition coefficient (Wildman–Crippen LogP) is 0.638. The van der Waals surface area contributed by atoms with E-state index in [4.69, 9.17) is 5.73 Å². The number of nitrogens with two attached hydrogens (primary N) is 1. The number of halogens is 1. The highest BCUT2D eigenvalue weighted by molar-refractivity contribution is 7.89. The Balaban J connectivity index is 0.00000289. The number of rotatable bonds is 6. The molecule has 0 radical (unpaired) electrons. The van der Waals surface area contributed by atoms with Gasteiger partial charge < -0.3 is 5.73 Å². The quantitative estimate of drug-likeness (QED) is 0.806.